The smallest absolute Gasteiger partial charge is 0.0300 e. The number of pyridine rings is 1. The molecule has 0 N–H and O–H groups in total. The summed E-state index contributed by atoms with van der Waals surface area (Å²) >= 11 is 0. The van der Waals surface area contributed by atoms with Crippen molar-refractivity contribution < 1.29 is 0 Å². The minimum atomic E-state index is 0.611. The zero-order valence-corrected chi connectivity index (χ0v) is 19.4. The van der Waals surface area contributed by atoms with Crippen LogP contribution in [0.1, 0.15) is 96.1 Å². The largest absolute Gasteiger partial charge is 0.264 e. The summed E-state index contributed by atoms with van der Waals surface area (Å²) in [5.41, 5.74) is 4.00. The summed E-state index contributed by atoms with van der Waals surface area (Å²) in [6.45, 7) is 9.93. The Bertz CT molecular complexity index is 736. The van der Waals surface area contributed by atoms with Gasteiger partial charge in [0.05, 0.1) is 0 Å². The van der Waals surface area contributed by atoms with Crippen molar-refractivity contribution in [2.24, 2.45) is 46.3 Å². The highest BCUT2D eigenvalue weighted by atomic mass is 14.6. The predicted octanol–water partition coefficient (Wildman–Crippen LogP) is 7.62. The second-order valence-corrected chi connectivity index (χ2v) is 12.6. The number of hydrogen-bond acceptors (Lipinski definition) is 1. The number of rotatable bonds is 3. The second-order valence-electron chi connectivity index (χ2n) is 12.6. The Morgan fingerprint density at radius 2 is 1.72 bits per heavy atom. The highest BCUT2D eigenvalue weighted by molar-refractivity contribution is 5.17. The molecule has 4 aliphatic rings. The van der Waals surface area contributed by atoms with Crippen molar-refractivity contribution >= 4 is 0 Å². The van der Waals surface area contributed by atoms with Gasteiger partial charge in [0.2, 0.25) is 0 Å². The maximum Gasteiger partial charge on any atom is 0.0300 e. The quantitative estimate of drug-likeness (QED) is 0.514. The van der Waals surface area contributed by atoms with Crippen molar-refractivity contribution in [1.82, 2.24) is 4.98 Å². The van der Waals surface area contributed by atoms with Gasteiger partial charge in [-0.15, -0.1) is 0 Å². The molecule has 0 radical (unpaired) electrons. The van der Waals surface area contributed by atoms with Crippen LogP contribution in [0.15, 0.2) is 18.5 Å². The van der Waals surface area contributed by atoms with Crippen LogP contribution in [-0.2, 0) is 6.42 Å². The van der Waals surface area contributed by atoms with Gasteiger partial charge in [-0.3, -0.25) is 4.98 Å². The standard InChI is InChI=1S/C28H43N/c1-19-15-20(18-29-17-19)5-7-22-8-10-26-25-9-6-21-16-27(2,3)13-11-23(21)24(25)12-14-28(22,26)4/h15,17-18,21-26H,5-14,16H2,1-4H3. The lowest BCUT2D eigenvalue weighted by molar-refractivity contribution is -0.0764. The molecule has 0 saturated heterocycles. The van der Waals surface area contributed by atoms with Gasteiger partial charge in [0.15, 0.2) is 0 Å². The van der Waals surface area contributed by atoms with E-state index in [4.69, 9.17) is 0 Å². The summed E-state index contributed by atoms with van der Waals surface area (Å²) in [4.78, 5) is 4.43. The normalized spacial score (nSPS) is 43.3. The zero-order chi connectivity index (χ0) is 20.2. The van der Waals surface area contributed by atoms with Crippen LogP contribution < -0.4 is 0 Å². The summed E-state index contributed by atoms with van der Waals surface area (Å²) in [5.74, 6) is 6.22. The molecule has 7 unspecified atom stereocenters. The van der Waals surface area contributed by atoms with Gasteiger partial charge in [0.1, 0.15) is 0 Å². The van der Waals surface area contributed by atoms with Crippen molar-refractivity contribution in [3.63, 3.8) is 0 Å². The molecule has 0 amide bonds. The molecule has 4 fully saturated rings. The van der Waals surface area contributed by atoms with Crippen LogP contribution in [0.25, 0.3) is 0 Å². The summed E-state index contributed by atoms with van der Waals surface area (Å²) in [6.07, 6.45) is 20.4. The maximum absolute atomic E-state index is 4.43. The molecule has 1 nitrogen and oxygen atoms in total. The molecule has 160 valence electrons. The van der Waals surface area contributed by atoms with Crippen LogP contribution in [0.2, 0.25) is 0 Å². The molecular formula is C28H43N. The van der Waals surface area contributed by atoms with Crippen LogP contribution in [0, 0.1) is 53.3 Å². The monoisotopic (exact) mass is 393 g/mol. The Balaban J connectivity index is 1.27. The third-order valence-electron chi connectivity index (χ3n) is 10.4. The van der Waals surface area contributed by atoms with E-state index >= 15 is 0 Å². The molecular weight excluding hydrogens is 350 g/mol. The fourth-order valence-corrected chi connectivity index (χ4v) is 8.98. The first-order valence-electron chi connectivity index (χ1n) is 12.8. The summed E-state index contributed by atoms with van der Waals surface area (Å²) in [7, 11) is 0. The molecule has 1 aromatic rings. The molecule has 1 heterocycles. The lowest BCUT2D eigenvalue weighted by Gasteiger charge is -2.57. The minimum absolute atomic E-state index is 0.611. The topological polar surface area (TPSA) is 12.9 Å². The van der Waals surface area contributed by atoms with E-state index in [1.807, 2.05) is 6.20 Å². The lowest BCUT2D eigenvalue weighted by atomic mass is 9.48. The minimum Gasteiger partial charge on any atom is -0.264 e. The predicted molar refractivity (Wildman–Crippen MR) is 122 cm³/mol. The van der Waals surface area contributed by atoms with Gasteiger partial charge in [-0.05, 0) is 135 Å². The van der Waals surface area contributed by atoms with Crippen molar-refractivity contribution in [1.29, 1.82) is 0 Å². The third kappa shape index (κ3) is 3.59. The van der Waals surface area contributed by atoms with E-state index in [2.05, 4.69) is 44.9 Å². The average Bonchev–Trinajstić information content (AvgIpc) is 3.01. The van der Waals surface area contributed by atoms with E-state index < -0.39 is 0 Å². The van der Waals surface area contributed by atoms with Crippen molar-refractivity contribution in [2.75, 3.05) is 0 Å². The summed E-state index contributed by atoms with van der Waals surface area (Å²) in [6, 6.07) is 2.35. The van der Waals surface area contributed by atoms with Gasteiger partial charge in [-0.2, -0.15) is 0 Å². The number of aryl methyl sites for hydroxylation is 2. The van der Waals surface area contributed by atoms with E-state index in [-0.39, 0.29) is 0 Å². The highest BCUT2D eigenvalue weighted by Crippen LogP contribution is 2.65. The number of nitrogens with zero attached hydrogens (tertiary/aromatic N) is 1. The maximum atomic E-state index is 4.43. The number of hydrogen-bond donors (Lipinski definition) is 0. The molecule has 5 rings (SSSR count). The zero-order valence-electron chi connectivity index (χ0n) is 19.4. The third-order valence-corrected chi connectivity index (χ3v) is 10.4. The number of aromatic nitrogens is 1. The Morgan fingerprint density at radius 1 is 0.897 bits per heavy atom. The molecule has 4 aliphatic carbocycles. The van der Waals surface area contributed by atoms with Crippen LogP contribution in [-0.4, -0.2) is 4.98 Å². The van der Waals surface area contributed by atoms with E-state index in [9.17, 15) is 0 Å². The fourth-order valence-electron chi connectivity index (χ4n) is 8.98. The molecule has 0 aliphatic heterocycles. The average molecular weight is 394 g/mol. The highest BCUT2D eigenvalue weighted by Gasteiger charge is 2.56. The Hall–Kier alpha value is -0.850. The van der Waals surface area contributed by atoms with E-state index in [1.165, 1.54) is 62.5 Å². The first kappa shape index (κ1) is 20.1. The van der Waals surface area contributed by atoms with Gasteiger partial charge >= 0.3 is 0 Å². The van der Waals surface area contributed by atoms with Crippen molar-refractivity contribution in [3.8, 4) is 0 Å². The molecule has 1 heteroatoms. The first-order valence-corrected chi connectivity index (χ1v) is 12.8. The molecule has 0 bridgehead atoms. The molecule has 1 aromatic heterocycles. The number of fused-ring (bicyclic) bond motifs is 5. The van der Waals surface area contributed by atoms with Crippen LogP contribution in [0.4, 0.5) is 0 Å². The van der Waals surface area contributed by atoms with Crippen LogP contribution in [0.3, 0.4) is 0 Å². The fraction of sp³-hybridized carbons (Fsp3) is 0.821. The van der Waals surface area contributed by atoms with Crippen molar-refractivity contribution in [3.05, 3.63) is 29.6 Å². The van der Waals surface area contributed by atoms with Gasteiger partial charge in [-0.25, -0.2) is 0 Å². The summed E-state index contributed by atoms with van der Waals surface area (Å²) < 4.78 is 0. The van der Waals surface area contributed by atoms with Gasteiger partial charge in [0, 0.05) is 12.4 Å². The first-order chi connectivity index (χ1) is 13.9. The molecule has 29 heavy (non-hydrogen) atoms. The van der Waals surface area contributed by atoms with Crippen LogP contribution >= 0.6 is 0 Å². The Morgan fingerprint density at radius 3 is 2.55 bits per heavy atom. The molecule has 0 aromatic carbocycles. The Labute approximate surface area is 179 Å². The second kappa shape index (κ2) is 7.38. The summed E-state index contributed by atoms with van der Waals surface area (Å²) in [5, 5.41) is 0. The molecule has 0 spiro atoms. The van der Waals surface area contributed by atoms with Crippen molar-refractivity contribution in [2.45, 2.75) is 98.3 Å². The van der Waals surface area contributed by atoms with Crippen LogP contribution in [0.5, 0.6) is 0 Å². The van der Waals surface area contributed by atoms with E-state index in [0.717, 1.165) is 35.5 Å². The van der Waals surface area contributed by atoms with Gasteiger partial charge < -0.3 is 0 Å². The molecule has 4 saturated carbocycles. The SMILES string of the molecule is Cc1cncc(CCC2CCC3C4CCC5CC(C)(C)CCC5C4CCC23C)c1. The van der Waals surface area contributed by atoms with Gasteiger partial charge in [0.25, 0.3) is 0 Å². The van der Waals surface area contributed by atoms with E-state index in [1.54, 1.807) is 19.3 Å². The Kier molecular flexibility index (Phi) is 5.11. The van der Waals surface area contributed by atoms with E-state index in [0.29, 0.717) is 10.8 Å². The molecule has 7 atom stereocenters. The van der Waals surface area contributed by atoms with Gasteiger partial charge in [-0.1, -0.05) is 26.8 Å². The lowest BCUT2D eigenvalue weighted by Crippen LogP contribution is -2.49.